The highest BCUT2D eigenvalue weighted by atomic mass is 32.1. The number of nitrogens with one attached hydrogen (secondary N) is 2. The van der Waals surface area contributed by atoms with E-state index in [1.165, 1.54) is 24.3 Å². The number of carbonyl (C=O) groups excluding carboxylic acids is 1. The number of nitro groups is 1. The molecule has 0 saturated carbocycles. The van der Waals surface area contributed by atoms with Crippen LogP contribution in [0.5, 0.6) is 0 Å². The number of halogens is 1. The minimum absolute atomic E-state index is 0.0154. The summed E-state index contributed by atoms with van der Waals surface area (Å²) < 4.78 is 13.0. The average Bonchev–Trinajstić information content (AvgIpc) is 3.37. The second-order valence-electron chi connectivity index (χ2n) is 7.30. The standard InChI is InChI=1S/C20H25FN4O3S/c1-24(20(26)18-10-11-19(29-18)25(27)28)12-4-2-3-5-16-13-17(23-22-16)14-6-8-15(21)9-7-14/h6-11,16-17,22-23H,2-5,12-13H2,1H3. The number of amides is 1. The van der Waals surface area contributed by atoms with Gasteiger partial charge in [-0.1, -0.05) is 36.3 Å². The van der Waals surface area contributed by atoms with E-state index in [2.05, 4.69) is 10.9 Å². The molecule has 9 heteroatoms. The minimum Gasteiger partial charge on any atom is -0.341 e. The van der Waals surface area contributed by atoms with Gasteiger partial charge in [0.05, 0.1) is 9.80 Å². The van der Waals surface area contributed by atoms with Crippen LogP contribution in [0, 0.1) is 15.9 Å². The van der Waals surface area contributed by atoms with E-state index in [1.54, 1.807) is 11.9 Å². The highest BCUT2D eigenvalue weighted by molar-refractivity contribution is 7.17. The fourth-order valence-corrected chi connectivity index (χ4v) is 4.29. The fourth-order valence-electron chi connectivity index (χ4n) is 3.47. The van der Waals surface area contributed by atoms with Crippen molar-refractivity contribution in [2.45, 2.75) is 44.2 Å². The third-order valence-corrected chi connectivity index (χ3v) is 6.15. The van der Waals surface area contributed by atoms with E-state index in [-0.39, 0.29) is 22.8 Å². The van der Waals surface area contributed by atoms with Crippen LogP contribution in [0.4, 0.5) is 9.39 Å². The number of benzene rings is 1. The third-order valence-electron chi connectivity index (χ3n) is 5.13. The monoisotopic (exact) mass is 420 g/mol. The van der Waals surface area contributed by atoms with Crippen molar-refractivity contribution in [3.8, 4) is 0 Å². The maximum Gasteiger partial charge on any atom is 0.324 e. The van der Waals surface area contributed by atoms with E-state index in [0.717, 1.165) is 49.0 Å². The van der Waals surface area contributed by atoms with Crippen LogP contribution in [0.25, 0.3) is 0 Å². The number of hydrazine groups is 1. The van der Waals surface area contributed by atoms with Gasteiger partial charge in [-0.2, -0.15) is 0 Å². The molecule has 1 amide bonds. The zero-order valence-corrected chi connectivity index (χ0v) is 17.1. The van der Waals surface area contributed by atoms with Gasteiger partial charge in [-0.3, -0.25) is 25.8 Å². The maximum absolute atomic E-state index is 13.0. The molecule has 156 valence electrons. The highest BCUT2D eigenvalue weighted by Gasteiger charge is 2.24. The Hall–Kier alpha value is -2.36. The van der Waals surface area contributed by atoms with Gasteiger partial charge in [0.25, 0.3) is 5.91 Å². The summed E-state index contributed by atoms with van der Waals surface area (Å²) in [6.07, 6.45) is 4.92. The van der Waals surface area contributed by atoms with Crippen LogP contribution in [0.3, 0.4) is 0 Å². The second kappa shape index (κ2) is 9.91. The minimum atomic E-state index is -0.478. The molecular formula is C20H25FN4O3S. The van der Waals surface area contributed by atoms with Crippen molar-refractivity contribution >= 4 is 22.2 Å². The number of hydrogen-bond donors (Lipinski definition) is 2. The molecule has 1 aromatic carbocycles. The Morgan fingerprint density at radius 2 is 1.97 bits per heavy atom. The first kappa shape index (κ1) is 21.4. The molecule has 2 aromatic rings. The molecule has 3 rings (SSSR count). The lowest BCUT2D eigenvalue weighted by atomic mass is 9.99. The number of unbranched alkanes of at least 4 members (excludes halogenated alkanes) is 2. The zero-order chi connectivity index (χ0) is 20.8. The second-order valence-corrected chi connectivity index (χ2v) is 8.36. The first-order valence-electron chi connectivity index (χ1n) is 9.70. The lowest BCUT2D eigenvalue weighted by molar-refractivity contribution is -0.380. The molecule has 1 aromatic heterocycles. The largest absolute Gasteiger partial charge is 0.341 e. The number of carbonyl (C=O) groups is 1. The van der Waals surface area contributed by atoms with Crippen molar-refractivity contribution in [3.05, 3.63) is 62.8 Å². The Balaban J connectivity index is 1.33. The Bertz CT molecular complexity index is 843. The van der Waals surface area contributed by atoms with Crippen LogP contribution in [-0.4, -0.2) is 35.4 Å². The van der Waals surface area contributed by atoms with Gasteiger partial charge in [0, 0.05) is 31.7 Å². The Morgan fingerprint density at radius 3 is 2.66 bits per heavy atom. The predicted octanol–water partition coefficient (Wildman–Crippen LogP) is 4.04. The summed E-state index contributed by atoms with van der Waals surface area (Å²) in [4.78, 5) is 24.6. The first-order valence-corrected chi connectivity index (χ1v) is 10.5. The zero-order valence-electron chi connectivity index (χ0n) is 16.3. The number of thiophene rings is 1. The SMILES string of the molecule is CN(CCCCCC1CC(c2ccc(F)cc2)NN1)C(=O)c1ccc([N+](=O)[O-])s1. The molecule has 29 heavy (non-hydrogen) atoms. The van der Waals surface area contributed by atoms with Crippen LogP contribution in [-0.2, 0) is 0 Å². The van der Waals surface area contributed by atoms with Crippen LogP contribution in [0.2, 0.25) is 0 Å². The van der Waals surface area contributed by atoms with E-state index in [0.29, 0.717) is 17.5 Å². The van der Waals surface area contributed by atoms with Crippen LogP contribution < -0.4 is 10.9 Å². The smallest absolute Gasteiger partial charge is 0.324 e. The number of hydrogen-bond acceptors (Lipinski definition) is 6. The topological polar surface area (TPSA) is 87.5 Å². The molecule has 2 heterocycles. The lowest BCUT2D eigenvalue weighted by Crippen LogP contribution is -2.30. The first-order chi connectivity index (χ1) is 13.9. The quantitative estimate of drug-likeness (QED) is 0.363. The molecule has 2 unspecified atom stereocenters. The van der Waals surface area contributed by atoms with Crippen molar-refractivity contribution in [1.82, 2.24) is 15.8 Å². The maximum atomic E-state index is 13.0. The van der Waals surface area contributed by atoms with Gasteiger partial charge in [-0.05, 0) is 43.0 Å². The van der Waals surface area contributed by atoms with Crippen molar-refractivity contribution in [3.63, 3.8) is 0 Å². The molecule has 1 aliphatic heterocycles. The molecule has 2 atom stereocenters. The number of nitrogens with zero attached hydrogens (tertiary/aromatic N) is 2. The Kier molecular flexibility index (Phi) is 7.29. The van der Waals surface area contributed by atoms with E-state index in [9.17, 15) is 19.3 Å². The summed E-state index contributed by atoms with van der Waals surface area (Å²) in [5.74, 6) is -0.399. The molecule has 1 fully saturated rings. The van der Waals surface area contributed by atoms with E-state index in [1.807, 2.05) is 12.1 Å². The van der Waals surface area contributed by atoms with Crippen molar-refractivity contribution in [2.75, 3.05) is 13.6 Å². The molecule has 2 N–H and O–H groups in total. The summed E-state index contributed by atoms with van der Waals surface area (Å²) in [6, 6.07) is 10.0. The molecule has 0 spiro atoms. The average molecular weight is 421 g/mol. The van der Waals surface area contributed by atoms with E-state index >= 15 is 0 Å². The molecule has 1 saturated heterocycles. The molecule has 0 radical (unpaired) electrons. The lowest BCUT2D eigenvalue weighted by Gasteiger charge is -2.16. The molecule has 0 aliphatic carbocycles. The van der Waals surface area contributed by atoms with Gasteiger partial charge >= 0.3 is 5.00 Å². The highest BCUT2D eigenvalue weighted by Crippen LogP contribution is 2.26. The molecule has 7 nitrogen and oxygen atoms in total. The van der Waals surface area contributed by atoms with Crippen molar-refractivity contribution < 1.29 is 14.1 Å². The van der Waals surface area contributed by atoms with Crippen LogP contribution >= 0.6 is 11.3 Å². The summed E-state index contributed by atoms with van der Waals surface area (Å²) in [5.41, 5.74) is 7.66. The molecule has 0 bridgehead atoms. The van der Waals surface area contributed by atoms with Gasteiger partial charge in [-0.15, -0.1) is 0 Å². The third kappa shape index (κ3) is 5.81. The van der Waals surface area contributed by atoms with Gasteiger partial charge < -0.3 is 4.90 Å². The normalized spacial score (nSPS) is 18.7. The Labute approximate surface area is 173 Å². The van der Waals surface area contributed by atoms with Gasteiger partial charge in [0.2, 0.25) is 0 Å². The molecule has 1 aliphatic rings. The fraction of sp³-hybridized carbons (Fsp3) is 0.450. The van der Waals surface area contributed by atoms with Gasteiger partial charge in [0.1, 0.15) is 5.82 Å². The van der Waals surface area contributed by atoms with Crippen molar-refractivity contribution in [2.24, 2.45) is 0 Å². The summed E-state index contributed by atoms with van der Waals surface area (Å²) in [6.45, 7) is 0.624. The summed E-state index contributed by atoms with van der Waals surface area (Å²) >= 11 is 0.911. The predicted molar refractivity (Wildman–Crippen MR) is 110 cm³/mol. The van der Waals surface area contributed by atoms with Crippen LogP contribution in [0.1, 0.15) is 53.4 Å². The Morgan fingerprint density at radius 1 is 1.21 bits per heavy atom. The van der Waals surface area contributed by atoms with Crippen LogP contribution in [0.15, 0.2) is 36.4 Å². The molecular weight excluding hydrogens is 395 g/mol. The summed E-state index contributed by atoms with van der Waals surface area (Å²) in [7, 11) is 1.73. The van der Waals surface area contributed by atoms with E-state index < -0.39 is 4.92 Å². The van der Waals surface area contributed by atoms with Crippen molar-refractivity contribution in [1.29, 1.82) is 0 Å². The number of rotatable bonds is 9. The van der Waals surface area contributed by atoms with Gasteiger partial charge in [0.15, 0.2) is 0 Å². The summed E-state index contributed by atoms with van der Waals surface area (Å²) in [5, 5.41) is 10.7. The van der Waals surface area contributed by atoms with Gasteiger partial charge in [-0.25, -0.2) is 4.39 Å². The van der Waals surface area contributed by atoms with E-state index in [4.69, 9.17) is 0 Å².